The van der Waals surface area contributed by atoms with Crippen molar-refractivity contribution in [2.75, 3.05) is 13.7 Å². The van der Waals surface area contributed by atoms with Crippen molar-refractivity contribution in [3.63, 3.8) is 0 Å². The van der Waals surface area contributed by atoms with Gasteiger partial charge in [-0.25, -0.2) is 0 Å². The highest BCUT2D eigenvalue weighted by atomic mass is 16.7. The second-order valence-corrected chi connectivity index (χ2v) is 7.48. The number of hydrogen-bond acceptors (Lipinski definition) is 11. The number of aliphatic hydroxyl groups excluding tert-OH is 1. The van der Waals surface area contributed by atoms with Crippen molar-refractivity contribution in [2.45, 2.75) is 64.9 Å². The van der Waals surface area contributed by atoms with Gasteiger partial charge in [-0.3, -0.25) is 19.2 Å². The second-order valence-electron chi connectivity index (χ2n) is 7.48. The Labute approximate surface area is 196 Å². The Morgan fingerprint density at radius 1 is 0.971 bits per heavy atom. The van der Waals surface area contributed by atoms with Crippen molar-refractivity contribution in [1.82, 2.24) is 5.32 Å². The van der Waals surface area contributed by atoms with Crippen LogP contribution in [0.3, 0.4) is 0 Å². The number of carbonyl (C=O) groups excluding carboxylic acids is 4. The van der Waals surface area contributed by atoms with Crippen molar-refractivity contribution in [3.8, 4) is 11.5 Å². The highest BCUT2D eigenvalue weighted by Crippen LogP contribution is 2.33. The first-order valence-corrected chi connectivity index (χ1v) is 10.4. The lowest BCUT2D eigenvalue weighted by molar-refractivity contribution is -0.257. The van der Waals surface area contributed by atoms with E-state index in [-0.39, 0.29) is 24.7 Å². The minimum absolute atomic E-state index is 0.193. The van der Waals surface area contributed by atoms with Crippen LogP contribution in [0.5, 0.6) is 11.5 Å². The van der Waals surface area contributed by atoms with E-state index in [0.717, 1.165) is 13.8 Å². The van der Waals surface area contributed by atoms with Gasteiger partial charge in [-0.15, -0.1) is 0 Å². The molecule has 0 saturated carbocycles. The van der Waals surface area contributed by atoms with Gasteiger partial charge in [0.15, 0.2) is 23.7 Å². The number of hydrogen-bond donors (Lipinski definition) is 2. The summed E-state index contributed by atoms with van der Waals surface area (Å²) in [7, 11) is 1.40. The molecule has 5 atom stereocenters. The van der Waals surface area contributed by atoms with Crippen LogP contribution >= 0.6 is 0 Å². The zero-order chi connectivity index (χ0) is 25.4. The number of esters is 3. The van der Waals surface area contributed by atoms with E-state index < -0.39 is 54.5 Å². The third-order valence-electron chi connectivity index (χ3n) is 4.72. The lowest BCUT2D eigenvalue weighted by atomic mass is 9.96. The molecule has 0 radical (unpaired) electrons. The summed E-state index contributed by atoms with van der Waals surface area (Å²) < 4.78 is 33.0. The van der Waals surface area contributed by atoms with E-state index in [0.29, 0.717) is 5.56 Å². The van der Waals surface area contributed by atoms with E-state index in [2.05, 4.69) is 5.32 Å². The summed E-state index contributed by atoms with van der Waals surface area (Å²) in [6.45, 7) is 4.15. The predicted molar refractivity (Wildman–Crippen MR) is 114 cm³/mol. The fourth-order valence-corrected chi connectivity index (χ4v) is 3.42. The normalized spacial score (nSPS) is 23.9. The van der Waals surface area contributed by atoms with Crippen LogP contribution in [-0.2, 0) is 44.7 Å². The Kier molecular flexibility index (Phi) is 9.63. The number of rotatable bonds is 9. The monoisotopic (exact) mass is 483 g/mol. The number of aliphatic hydroxyl groups is 1. The van der Waals surface area contributed by atoms with Gasteiger partial charge in [0, 0.05) is 27.7 Å². The summed E-state index contributed by atoms with van der Waals surface area (Å²) in [6, 6.07) is 3.54. The average Bonchev–Trinajstić information content (AvgIpc) is 2.75. The van der Waals surface area contributed by atoms with E-state index in [9.17, 15) is 24.3 Å². The summed E-state index contributed by atoms with van der Waals surface area (Å²) in [5.74, 6) is -2.08. The summed E-state index contributed by atoms with van der Waals surface area (Å²) in [5.41, 5.74) is 0.563. The second kappa shape index (κ2) is 12.2. The summed E-state index contributed by atoms with van der Waals surface area (Å²) in [6.07, 6.45) is -4.85. The van der Waals surface area contributed by atoms with Crippen molar-refractivity contribution in [1.29, 1.82) is 0 Å². The van der Waals surface area contributed by atoms with Gasteiger partial charge in [-0.2, -0.15) is 0 Å². The summed E-state index contributed by atoms with van der Waals surface area (Å²) >= 11 is 0. The van der Waals surface area contributed by atoms with E-state index in [1.54, 1.807) is 12.1 Å². The summed E-state index contributed by atoms with van der Waals surface area (Å²) in [5, 5.41) is 12.0. The van der Waals surface area contributed by atoms with Gasteiger partial charge in [0.05, 0.1) is 13.7 Å². The van der Waals surface area contributed by atoms with Crippen LogP contribution in [0.1, 0.15) is 33.3 Å². The van der Waals surface area contributed by atoms with Crippen LogP contribution in [0.2, 0.25) is 0 Å². The van der Waals surface area contributed by atoms with Gasteiger partial charge in [0.2, 0.25) is 12.2 Å². The van der Waals surface area contributed by atoms with Gasteiger partial charge < -0.3 is 38.8 Å². The molecule has 0 aliphatic carbocycles. The van der Waals surface area contributed by atoms with Crippen molar-refractivity contribution < 1.29 is 52.7 Å². The minimum atomic E-state index is -1.28. The zero-order valence-corrected chi connectivity index (χ0v) is 19.6. The third-order valence-corrected chi connectivity index (χ3v) is 4.72. The Morgan fingerprint density at radius 2 is 1.62 bits per heavy atom. The van der Waals surface area contributed by atoms with Gasteiger partial charge in [-0.1, -0.05) is 6.07 Å². The fourth-order valence-electron chi connectivity index (χ4n) is 3.42. The Balaban J connectivity index is 2.50. The first-order valence-electron chi connectivity index (χ1n) is 10.4. The number of benzene rings is 1. The Hall–Kier alpha value is -3.38. The number of amides is 1. The standard InChI is InChI=1S/C22H29NO11/c1-11(25)23-19-21(32-14(4)28)20(31-13(3)27)18(10-30-12(2)26)34-22(19)33-16-7-6-15(9-24)8-17(16)29-5/h6-8,18-22,24H,9-10H2,1-5H3,(H,23,25). The lowest BCUT2D eigenvalue weighted by Gasteiger charge is -2.44. The van der Waals surface area contributed by atoms with E-state index in [4.69, 9.17) is 28.4 Å². The number of methoxy groups -OCH3 is 1. The quantitative estimate of drug-likeness (QED) is 0.366. The first kappa shape index (κ1) is 26.9. The maximum atomic E-state index is 12.0. The van der Waals surface area contributed by atoms with Crippen LogP contribution in [-0.4, -0.2) is 73.3 Å². The van der Waals surface area contributed by atoms with Crippen molar-refractivity contribution in [3.05, 3.63) is 23.8 Å². The van der Waals surface area contributed by atoms with E-state index in [1.807, 2.05) is 0 Å². The minimum Gasteiger partial charge on any atom is -0.493 e. The largest absolute Gasteiger partial charge is 0.493 e. The van der Waals surface area contributed by atoms with Gasteiger partial charge in [-0.05, 0) is 17.7 Å². The van der Waals surface area contributed by atoms with Gasteiger partial charge in [0.1, 0.15) is 18.8 Å². The zero-order valence-electron chi connectivity index (χ0n) is 19.6. The molecule has 12 nitrogen and oxygen atoms in total. The Bertz CT molecular complexity index is 903. The van der Waals surface area contributed by atoms with Crippen LogP contribution in [0, 0.1) is 0 Å². The van der Waals surface area contributed by atoms with Gasteiger partial charge in [0.25, 0.3) is 0 Å². The molecule has 34 heavy (non-hydrogen) atoms. The molecular formula is C22H29NO11. The first-order chi connectivity index (χ1) is 16.0. The molecule has 12 heteroatoms. The molecule has 2 rings (SSSR count). The maximum absolute atomic E-state index is 12.0. The smallest absolute Gasteiger partial charge is 0.303 e. The molecule has 1 amide bonds. The Morgan fingerprint density at radius 3 is 2.15 bits per heavy atom. The number of nitrogens with one attached hydrogen (secondary N) is 1. The highest BCUT2D eigenvalue weighted by molar-refractivity contribution is 5.73. The molecule has 1 heterocycles. The van der Waals surface area contributed by atoms with Crippen molar-refractivity contribution >= 4 is 23.8 Å². The van der Waals surface area contributed by atoms with Crippen LogP contribution in [0.25, 0.3) is 0 Å². The number of ether oxygens (including phenoxy) is 6. The molecule has 1 aliphatic heterocycles. The van der Waals surface area contributed by atoms with Crippen molar-refractivity contribution in [2.24, 2.45) is 0 Å². The van der Waals surface area contributed by atoms with Crippen LogP contribution < -0.4 is 14.8 Å². The topological polar surface area (TPSA) is 156 Å². The highest BCUT2D eigenvalue weighted by Gasteiger charge is 2.52. The molecule has 1 aromatic rings. The third kappa shape index (κ3) is 7.32. The molecule has 0 bridgehead atoms. The molecule has 0 spiro atoms. The molecule has 1 aliphatic rings. The number of carbonyl (C=O) groups is 4. The molecule has 1 saturated heterocycles. The fraction of sp³-hybridized carbons (Fsp3) is 0.545. The molecule has 0 aromatic heterocycles. The molecule has 1 aromatic carbocycles. The van der Waals surface area contributed by atoms with E-state index >= 15 is 0 Å². The SMILES string of the molecule is COc1cc(CO)ccc1OC1OC(COC(C)=O)C(OC(C)=O)C(OC(C)=O)C1NC(C)=O. The lowest BCUT2D eigenvalue weighted by Crippen LogP contribution is -2.67. The van der Waals surface area contributed by atoms with Gasteiger partial charge >= 0.3 is 17.9 Å². The average molecular weight is 483 g/mol. The molecule has 5 unspecified atom stereocenters. The molecule has 188 valence electrons. The van der Waals surface area contributed by atoms with Crippen LogP contribution in [0.4, 0.5) is 0 Å². The predicted octanol–water partition coefficient (Wildman–Crippen LogP) is 0.222. The van der Waals surface area contributed by atoms with E-state index in [1.165, 1.54) is 27.0 Å². The maximum Gasteiger partial charge on any atom is 0.303 e. The van der Waals surface area contributed by atoms with Crippen LogP contribution in [0.15, 0.2) is 18.2 Å². The molecule has 1 fully saturated rings. The molecular weight excluding hydrogens is 454 g/mol. The summed E-state index contributed by atoms with van der Waals surface area (Å²) in [4.78, 5) is 47.1. The molecule has 2 N–H and O–H groups in total.